The molecular formula is C25H23BrN2O3S. The Hall–Kier alpha value is -3.16. The van der Waals surface area contributed by atoms with Crippen LogP contribution in [0.3, 0.4) is 0 Å². The molecule has 0 spiro atoms. The van der Waals surface area contributed by atoms with Gasteiger partial charge in [0.1, 0.15) is 18.1 Å². The Morgan fingerprint density at radius 1 is 1.00 bits per heavy atom. The molecule has 2 N–H and O–H groups in total. The number of benzene rings is 3. The second kappa shape index (κ2) is 12.0. The number of carbonyl (C=O) groups is 1. The summed E-state index contributed by atoms with van der Waals surface area (Å²) in [6, 6.07) is 22.6. The standard InChI is InChI=1S/C25H23BrN2O3S/c1-2-15-30-23-11-7-6-10-21(23)27-25(32)28-24(29)19-12-13-22(20(26)17-19)31-16-14-18-8-4-3-5-9-18/h2-13,17H,1,14-16H2,(H2,27,28,29,32). The topological polar surface area (TPSA) is 59.6 Å². The summed E-state index contributed by atoms with van der Waals surface area (Å²) in [5.74, 6) is 0.957. The zero-order chi connectivity index (χ0) is 22.8. The molecule has 0 aromatic heterocycles. The van der Waals surface area contributed by atoms with E-state index in [9.17, 15) is 4.79 Å². The third kappa shape index (κ3) is 6.93. The Bertz CT molecular complexity index is 1090. The number of rotatable bonds is 9. The fourth-order valence-electron chi connectivity index (χ4n) is 2.86. The first-order valence-corrected chi connectivity index (χ1v) is 11.2. The Balaban J connectivity index is 1.55. The number of hydrogen-bond donors (Lipinski definition) is 2. The number of ether oxygens (including phenoxy) is 2. The number of anilines is 1. The van der Waals surface area contributed by atoms with Crippen molar-refractivity contribution in [3.63, 3.8) is 0 Å². The van der Waals surface area contributed by atoms with Crippen LogP contribution in [0.25, 0.3) is 0 Å². The molecular weight excluding hydrogens is 488 g/mol. The molecule has 0 aliphatic rings. The van der Waals surface area contributed by atoms with Crippen molar-refractivity contribution in [3.8, 4) is 11.5 Å². The lowest BCUT2D eigenvalue weighted by Gasteiger charge is -2.14. The average Bonchev–Trinajstić information content (AvgIpc) is 2.80. The highest BCUT2D eigenvalue weighted by molar-refractivity contribution is 9.10. The summed E-state index contributed by atoms with van der Waals surface area (Å²) in [5, 5.41) is 5.85. The number of halogens is 1. The van der Waals surface area contributed by atoms with Crippen LogP contribution in [0.2, 0.25) is 0 Å². The minimum absolute atomic E-state index is 0.170. The van der Waals surface area contributed by atoms with Crippen LogP contribution >= 0.6 is 28.1 Å². The summed E-state index contributed by atoms with van der Waals surface area (Å²) in [5.41, 5.74) is 2.31. The van der Waals surface area contributed by atoms with E-state index < -0.39 is 0 Å². The van der Waals surface area contributed by atoms with Crippen molar-refractivity contribution in [1.82, 2.24) is 5.32 Å². The van der Waals surface area contributed by atoms with E-state index in [0.29, 0.717) is 40.4 Å². The van der Waals surface area contributed by atoms with Crippen LogP contribution in [-0.2, 0) is 6.42 Å². The second-order valence-corrected chi connectivity index (χ2v) is 8.00. The van der Waals surface area contributed by atoms with E-state index in [4.69, 9.17) is 21.7 Å². The lowest BCUT2D eigenvalue weighted by Crippen LogP contribution is -2.34. The minimum Gasteiger partial charge on any atom is -0.492 e. The van der Waals surface area contributed by atoms with Crippen molar-refractivity contribution in [2.24, 2.45) is 0 Å². The lowest BCUT2D eigenvalue weighted by molar-refractivity contribution is 0.0977. The van der Waals surface area contributed by atoms with E-state index in [-0.39, 0.29) is 11.0 Å². The zero-order valence-electron chi connectivity index (χ0n) is 17.3. The third-order valence-electron chi connectivity index (χ3n) is 4.40. The molecule has 3 aromatic rings. The van der Waals surface area contributed by atoms with Crippen molar-refractivity contribution in [2.75, 3.05) is 18.5 Å². The number of hydrogen-bond acceptors (Lipinski definition) is 4. The highest BCUT2D eigenvalue weighted by atomic mass is 79.9. The number of thiocarbonyl (C=S) groups is 1. The van der Waals surface area contributed by atoms with Crippen molar-refractivity contribution in [1.29, 1.82) is 0 Å². The molecule has 7 heteroatoms. The summed E-state index contributed by atoms with van der Waals surface area (Å²) < 4.78 is 12.1. The number of nitrogens with one attached hydrogen (secondary N) is 2. The fourth-order valence-corrected chi connectivity index (χ4v) is 3.55. The maximum absolute atomic E-state index is 12.6. The molecule has 3 rings (SSSR count). The molecule has 1 amide bonds. The molecule has 0 saturated heterocycles. The van der Waals surface area contributed by atoms with Gasteiger partial charge in [-0.3, -0.25) is 10.1 Å². The van der Waals surface area contributed by atoms with Crippen LogP contribution in [0.5, 0.6) is 11.5 Å². The van der Waals surface area contributed by atoms with Gasteiger partial charge in [0.05, 0.1) is 16.8 Å². The van der Waals surface area contributed by atoms with Gasteiger partial charge >= 0.3 is 0 Å². The summed E-state index contributed by atoms with van der Waals surface area (Å²) in [4.78, 5) is 12.6. The van der Waals surface area contributed by atoms with Crippen molar-refractivity contribution < 1.29 is 14.3 Å². The maximum Gasteiger partial charge on any atom is 0.257 e. The molecule has 0 aliphatic carbocycles. The first-order valence-electron chi connectivity index (χ1n) is 9.98. The first-order chi connectivity index (χ1) is 15.6. The van der Waals surface area contributed by atoms with Crippen LogP contribution in [0.15, 0.2) is 89.9 Å². The predicted octanol–water partition coefficient (Wildman–Crippen LogP) is 5.76. The number of carbonyl (C=O) groups excluding carboxylic acids is 1. The molecule has 0 bridgehead atoms. The van der Waals surface area contributed by atoms with E-state index >= 15 is 0 Å². The molecule has 0 atom stereocenters. The highest BCUT2D eigenvalue weighted by Crippen LogP contribution is 2.27. The summed E-state index contributed by atoms with van der Waals surface area (Å²) in [6.07, 6.45) is 2.46. The Morgan fingerprint density at radius 2 is 1.75 bits per heavy atom. The lowest BCUT2D eigenvalue weighted by atomic mass is 10.2. The van der Waals surface area contributed by atoms with Gasteiger partial charge in [-0.2, -0.15) is 0 Å². The van der Waals surface area contributed by atoms with Gasteiger partial charge in [0.25, 0.3) is 5.91 Å². The van der Waals surface area contributed by atoms with Crippen molar-refractivity contribution in [3.05, 3.63) is 101 Å². The van der Waals surface area contributed by atoms with E-state index in [0.717, 1.165) is 6.42 Å². The smallest absolute Gasteiger partial charge is 0.257 e. The monoisotopic (exact) mass is 510 g/mol. The summed E-state index contributed by atoms with van der Waals surface area (Å²) in [7, 11) is 0. The van der Waals surface area contributed by atoms with E-state index in [2.05, 4.69) is 45.3 Å². The first kappa shape index (κ1) is 23.5. The van der Waals surface area contributed by atoms with Crippen LogP contribution in [-0.4, -0.2) is 24.2 Å². The van der Waals surface area contributed by atoms with Gasteiger partial charge in [0, 0.05) is 12.0 Å². The maximum atomic E-state index is 12.6. The molecule has 0 saturated carbocycles. The Morgan fingerprint density at radius 3 is 2.50 bits per heavy atom. The highest BCUT2D eigenvalue weighted by Gasteiger charge is 2.12. The normalized spacial score (nSPS) is 10.2. The molecule has 3 aromatic carbocycles. The predicted molar refractivity (Wildman–Crippen MR) is 136 cm³/mol. The Labute approximate surface area is 201 Å². The summed E-state index contributed by atoms with van der Waals surface area (Å²) >= 11 is 8.77. The van der Waals surface area contributed by atoms with Crippen LogP contribution < -0.4 is 20.1 Å². The van der Waals surface area contributed by atoms with Crippen molar-refractivity contribution in [2.45, 2.75) is 6.42 Å². The van der Waals surface area contributed by atoms with Gasteiger partial charge in [-0.1, -0.05) is 55.1 Å². The van der Waals surface area contributed by atoms with Gasteiger partial charge in [-0.05, 0) is 64.0 Å². The zero-order valence-corrected chi connectivity index (χ0v) is 19.7. The van der Waals surface area contributed by atoms with Crippen molar-refractivity contribution >= 4 is 44.9 Å². The van der Waals surface area contributed by atoms with Gasteiger partial charge < -0.3 is 14.8 Å². The minimum atomic E-state index is -0.330. The molecule has 0 unspecified atom stereocenters. The van der Waals surface area contributed by atoms with Gasteiger partial charge in [0.2, 0.25) is 0 Å². The average molecular weight is 511 g/mol. The molecule has 0 aliphatic heterocycles. The number of amides is 1. The van der Waals surface area contributed by atoms with Gasteiger partial charge in [0.15, 0.2) is 5.11 Å². The Kier molecular flexibility index (Phi) is 8.83. The van der Waals surface area contributed by atoms with Gasteiger partial charge in [-0.25, -0.2) is 0 Å². The van der Waals surface area contributed by atoms with E-state index in [1.54, 1.807) is 24.3 Å². The van der Waals surface area contributed by atoms with Crippen LogP contribution in [0, 0.1) is 0 Å². The molecule has 0 heterocycles. The fraction of sp³-hybridized carbons (Fsp3) is 0.120. The number of para-hydroxylation sites is 2. The molecule has 164 valence electrons. The largest absolute Gasteiger partial charge is 0.492 e. The summed E-state index contributed by atoms with van der Waals surface area (Å²) in [6.45, 7) is 4.55. The van der Waals surface area contributed by atoms with E-state index in [1.807, 2.05) is 42.5 Å². The third-order valence-corrected chi connectivity index (χ3v) is 5.23. The molecule has 0 fully saturated rings. The van der Waals surface area contributed by atoms with Crippen LogP contribution in [0.1, 0.15) is 15.9 Å². The van der Waals surface area contributed by atoms with E-state index in [1.165, 1.54) is 5.56 Å². The molecule has 0 radical (unpaired) electrons. The second-order valence-electron chi connectivity index (χ2n) is 6.73. The molecule has 5 nitrogen and oxygen atoms in total. The quantitative estimate of drug-likeness (QED) is 0.283. The van der Waals surface area contributed by atoms with Crippen LogP contribution in [0.4, 0.5) is 5.69 Å². The molecule has 32 heavy (non-hydrogen) atoms. The SMILES string of the molecule is C=CCOc1ccccc1NC(=S)NC(=O)c1ccc(OCCc2ccccc2)c(Br)c1. The van der Waals surface area contributed by atoms with Gasteiger partial charge in [-0.15, -0.1) is 0 Å².